The van der Waals surface area contributed by atoms with Crippen LogP contribution < -0.4 is 14.8 Å². The molecule has 0 spiro atoms. The van der Waals surface area contributed by atoms with Crippen molar-refractivity contribution >= 4 is 87.5 Å². The molecule has 2 fully saturated rings. The number of aliphatic hydroxyl groups excluding tert-OH is 2. The summed E-state index contributed by atoms with van der Waals surface area (Å²) in [5.41, 5.74) is 4.00. The number of thioether (sulfide) groups is 1. The monoisotopic (exact) mass is 1400 g/mol. The van der Waals surface area contributed by atoms with Crippen LogP contribution in [0.1, 0.15) is 131 Å². The maximum Gasteiger partial charge on any atom is 0.416 e. The molecule has 14 nitrogen and oxygen atoms in total. The van der Waals surface area contributed by atoms with Crippen LogP contribution in [0.2, 0.25) is 15.1 Å². The minimum absolute atomic E-state index is 0.120. The molecule has 8 rings (SSSR count). The normalized spacial score (nSPS) is 16.8. The molecule has 5 aromatic carbocycles. The fourth-order valence-electron chi connectivity index (χ4n) is 11.1. The SMILES string of the molecule is CC(C)(CC(=O)O)Oc1ccc(CCCN(CCc2c(F)cccc2Cl)C(=O)Nc2cccc(Cl)c2Cl)cc1.CCCCC[C@H](O)/C=C/[C@@H]1[C@H]2C/C(=C/CCCC(=O)O)C[C@H]2C[C@H]1O.Cc1cc(SCc2sc(-c3ccc(C(F)(F)F)cc3)nc2C)ccc1OCC(=O)O. The van der Waals surface area contributed by atoms with E-state index < -0.39 is 53.2 Å². The Morgan fingerprint density at radius 2 is 1.56 bits per heavy atom. The number of aliphatic hydroxyl groups is 2. The van der Waals surface area contributed by atoms with Crippen molar-refractivity contribution in [3.05, 3.63) is 181 Å². The standard InChI is InChI=1S/C29H30Cl3FN2O4.C21H18F3NO3S2.C21H34O4/c1-29(2,18-26(36)37)39-20-13-11-19(12-14-20)6-5-16-35(17-15-21-22(30)7-3-9-24(21)33)28(38)34-25-10-4-8-23(31)27(25)32;1-12-9-16(7-8-17(12)28-10-19(26)27)29-11-18-13(2)25-20(30-18)14-3-5-15(6-4-14)21(22,23)24;1-2-3-4-8-17(22)10-11-18-19-13-15(7-5-6-9-21(24)25)12-16(19)14-20(18)23/h3-4,7-14H,5-6,15-18H2,1-2H3,(H,34,38)(H,36,37);3-9H,10-11H2,1-2H3,(H,26,27);7,10-11,16-20,22-23H,2-6,8-9,12-14H2,1H3,(H,24,25)/b;;11-10+,15-7+/t;;16-,17-,18+,19-,20+/m..0/s1. The van der Waals surface area contributed by atoms with Crippen LogP contribution in [0, 0.1) is 37.4 Å². The van der Waals surface area contributed by atoms with Crippen molar-refractivity contribution in [1.82, 2.24) is 9.88 Å². The maximum atomic E-state index is 14.3. The Hall–Kier alpha value is -6.65. The van der Waals surface area contributed by atoms with E-state index in [-0.39, 0.29) is 49.5 Å². The minimum atomic E-state index is -4.36. The molecular formula is C71H82Cl3F4N3O11S2. The number of rotatable bonds is 29. The summed E-state index contributed by atoms with van der Waals surface area (Å²) in [5, 5.41) is 51.2. The van der Waals surface area contributed by atoms with Crippen molar-refractivity contribution in [2.24, 2.45) is 17.8 Å². The Balaban J connectivity index is 0.000000229. The lowest BCUT2D eigenvalue weighted by Gasteiger charge is -2.25. The van der Waals surface area contributed by atoms with Gasteiger partial charge in [-0.1, -0.05) is 121 Å². The molecule has 2 amide bonds. The molecule has 0 radical (unpaired) electrons. The van der Waals surface area contributed by atoms with Crippen molar-refractivity contribution in [1.29, 1.82) is 0 Å². The molecule has 23 heteroatoms. The number of hydrogen-bond donors (Lipinski definition) is 6. The number of halogens is 7. The summed E-state index contributed by atoms with van der Waals surface area (Å²) in [6.45, 7) is 9.57. The Labute approximate surface area is 570 Å². The van der Waals surface area contributed by atoms with Crippen molar-refractivity contribution in [3.63, 3.8) is 0 Å². The van der Waals surface area contributed by atoms with E-state index in [9.17, 15) is 47.0 Å². The second kappa shape index (κ2) is 37.0. The predicted octanol–water partition coefficient (Wildman–Crippen LogP) is 18.4. The average Bonchev–Trinajstić information content (AvgIpc) is 1.64. The Morgan fingerprint density at radius 3 is 2.22 bits per heavy atom. The molecule has 0 unspecified atom stereocenters. The molecule has 0 bridgehead atoms. The number of benzene rings is 5. The van der Waals surface area contributed by atoms with Gasteiger partial charge in [-0.25, -0.2) is 19.0 Å². The van der Waals surface area contributed by atoms with Crippen molar-refractivity contribution in [2.75, 3.05) is 25.0 Å². The van der Waals surface area contributed by atoms with Gasteiger partial charge in [-0.15, -0.1) is 23.1 Å². The van der Waals surface area contributed by atoms with Crippen LogP contribution in [0.15, 0.2) is 132 Å². The highest BCUT2D eigenvalue weighted by Crippen LogP contribution is 2.51. The molecule has 2 saturated carbocycles. The van der Waals surface area contributed by atoms with Crippen LogP contribution in [0.4, 0.5) is 28.0 Å². The number of aryl methyl sites for hydroxylation is 3. The maximum absolute atomic E-state index is 14.3. The number of aliphatic carboxylic acids is 3. The summed E-state index contributed by atoms with van der Waals surface area (Å²) in [5.74, 6) is -0.187. The number of alkyl halides is 3. The van der Waals surface area contributed by atoms with Gasteiger partial charge in [-0.3, -0.25) is 9.59 Å². The van der Waals surface area contributed by atoms with Crippen molar-refractivity contribution in [2.45, 2.75) is 159 Å². The third kappa shape index (κ3) is 24.8. The van der Waals surface area contributed by atoms with Crippen LogP contribution in [0.5, 0.6) is 11.5 Å². The zero-order valence-corrected chi connectivity index (χ0v) is 57.1. The first-order chi connectivity index (χ1) is 44.6. The average molecular weight is 1400 g/mol. The minimum Gasteiger partial charge on any atom is -0.487 e. The first-order valence-corrected chi connectivity index (χ1v) is 34.1. The zero-order chi connectivity index (χ0) is 68.7. The Kier molecular flexibility index (Phi) is 30.1. The number of urea groups is 1. The number of aromatic nitrogens is 1. The molecule has 2 aliphatic carbocycles. The van der Waals surface area contributed by atoms with Gasteiger partial charge >= 0.3 is 30.1 Å². The van der Waals surface area contributed by atoms with Gasteiger partial charge in [0.2, 0.25) is 0 Å². The van der Waals surface area contributed by atoms with Crippen LogP contribution in [-0.4, -0.2) is 96.9 Å². The number of anilines is 1. The third-order valence-corrected chi connectivity index (χ3v) is 19.6. The van der Waals surface area contributed by atoms with Crippen LogP contribution in [-0.2, 0) is 39.2 Å². The van der Waals surface area contributed by atoms with Gasteiger partial charge in [0.1, 0.15) is 27.9 Å². The van der Waals surface area contributed by atoms with E-state index in [2.05, 4.69) is 29.4 Å². The summed E-state index contributed by atoms with van der Waals surface area (Å²) >= 11 is 21.6. The molecule has 94 heavy (non-hydrogen) atoms. The first-order valence-electron chi connectivity index (χ1n) is 31.2. The van der Waals surface area contributed by atoms with Crippen LogP contribution >= 0.6 is 57.9 Å². The molecule has 0 aliphatic heterocycles. The summed E-state index contributed by atoms with van der Waals surface area (Å²) in [6, 6.07) is 27.0. The second-order valence-corrected chi connectivity index (χ2v) is 27.3. The van der Waals surface area contributed by atoms with Crippen molar-refractivity contribution < 1.29 is 71.7 Å². The topological polar surface area (TPSA) is 216 Å². The fraction of sp³-hybridized carbons (Fsp3) is 0.423. The lowest BCUT2D eigenvalue weighted by molar-refractivity contribution is -0.141. The quantitative estimate of drug-likeness (QED) is 0.0112. The van der Waals surface area contributed by atoms with Gasteiger partial charge in [-0.05, 0) is 175 Å². The highest BCUT2D eigenvalue weighted by molar-refractivity contribution is 7.98. The summed E-state index contributed by atoms with van der Waals surface area (Å²) < 4.78 is 63.6. The molecule has 5 atom stereocenters. The van der Waals surface area contributed by atoms with Gasteiger partial charge in [0.05, 0.1) is 45.6 Å². The predicted molar refractivity (Wildman–Crippen MR) is 364 cm³/mol. The van der Waals surface area contributed by atoms with Gasteiger partial charge < -0.3 is 45.2 Å². The number of hydrogen-bond acceptors (Lipinski definition) is 11. The number of carboxylic acids is 3. The van der Waals surface area contributed by atoms with Gasteiger partial charge in [-0.2, -0.15) is 13.2 Å². The highest BCUT2D eigenvalue weighted by atomic mass is 35.5. The number of nitrogens with one attached hydrogen (secondary N) is 1. The number of allylic oxidation sites excluding steroid dienone is 2. The van der Waals surface area contributed by atoms with E-state index >= 15 is 0 Å². The Morgan fingerprint density at radius 1 is 0.851 bits per heavy atom. The van der Waals surface area contributed by atoms with Crippen LogP contribution in [0.25, 0.3) is 10.6 Å². The van der Waals surface area contributed by atoms with Gasteiger partial charge in [0.15, 0.2) is 6.61 Å². The lowest BCUT2D eigenvalue weighted by Crippen LogP contribution is -2.37. The number of unbranched alkanes of at least 4 members (excludes halogenated alkanes) is 3. The van der Waals surface area contributed by atoms with E-state index in [0.29, 0.717) is 86.8 Å². The molecule has 1 aromatic heterocycles. The highest BCUT2D eigenvalue weighted by Gasteiger charge is 2.45. The number of nitrogens with zero attached hydrogens (tertiary/aromatic N) is 2. The Bertz CT molecular complexity index is 3510. The molecule has 0 saturated heterocycles. The van der Waals surface area contributed by atoms with Gasteiger partial charge in [0.25, 0.3) is 0 Å². The van der Waals surface area contributed by atoms with E-state index in [0.717, 1.165) is 90.1 Å². The number of carbonyl (C=O) groups excluding carboxylic acids is 1. The second-order valence-electron chi connectivity index (χ2n) is 24.0. The van der Waals surface area contributed by atoms with Crippen LogP contribution in [0.3, 0.4) is 0 Å². The molecule has 6 N–H and O–H groups in total. The first kappa shape index (κ1) is 76.4. The van der Waals surface area contributed by atoms with E-state index in [1.54, 1.807) is 73.0 Å². The number of carboxylic acid groups (broad SMARTS) is 3. The van der Waals surface area contributed by atoms with E-state index in [1.165, 1.54) is 41.2 Å². The fourth-order valence-corrected chi connectivity index (χ4v) is 14.0. The van der Waals surface area contributed by atoms with E-state index in [1.807, 2.05) is 44.2 Å². The van der Waals surface area contributed by atoms with E-state index in [4.69, 9.17) is 59.6 Å². The largest absolute Gasteiger partial charge is 0.487 e. The third-order valence-electron chi connectivity index (χ3n) is 16.0. The number of thiazole rings is 1. The number of carbonyl (C=O) groups is 4. The molecular weight excluding hydrogens is 1320 g/mol. The molecule has 2 aliphatic rings. The molecule has 6 aromatic rings. The smallest absolute Gasteiger partial charge is 0.416 e. The summed E-state index contributed by atoms with van der Waals surface area (Å²) in [4.78, 5) is 53.5. The molecule has 1 heterocycles. The summed E-state index contributed by atoms with van der Waals surface area (Å²) in [7, 11) is 0. The lowest BCUT2D eigenvalue weighted by atomic mass is 9.90. The van der Waals surface area contributed by atoms with Crippen molar-refractivity contribution in [3.8, 4) is 22.1 Å². The van der Waals surface area contributed by atoms with Gasteiger partial charge in [0, 0.05) is 57.1 Å². The zero-order valence-electron chi connectivity index (χ0n) is 53.2. The number of ether oxygens (including phenoxy) is 2. The number of fused-ring (bicyclic) bond motifs is 1. The molecule has 508 valence electrons. The summed E-state index contributed by atoms with van der Waals surface area (Å²) in [6.07, 6.45) is 11.3. The number of amides is 2.